The van der Waals surface area contributed by atoms with E-state index in [-0.39, 0.29) is 5.56 Å². The van der Waals surface area contributed by atoms with Crippen molar-refractivity contribution in [3.63, 3.8) is 0 Å². The molecule has 1 aromatic heterocycles. The van der Waals surface area contributed by atoms with E-state index in [1.807, 2.05) is 26.1 Å². The minimum Gasteiger partial charge on any atom is -0.497 e. The van der Waals surface area contributed by atoms with Gasteiger partial charge in [-0.15, -0.1) is 0 Å². The molecule has 4 nitrogen and oxygen atoms in total. The molecule has 3 rings (SSSR count). The quantitative estimate of drug-likeness (QED) is 0.843. The number of methoxy groups -OCH3 is 1. The molecule has 1 N–H and O–H groups in total. The van der Waals surface area contributed by atoms with Crippen LogP contribution in [0.4, 0.5) is 0 Å². The molecule has 0 unspecified atom stereocenters. The van der Waals surface area contributed by atoms with Crippen molar-refractivity contribution in [3.8, 4) is 5.75 Å². The fourth-order valence-corrected chi connectivity index (χ4v) is 3.02. The molecule has 0 bridgehead atoms. The number of aromatic nitrogens is 1. The lowest BCUT2D eigenvalue weighted by molar-refractivity contribution is 0.415. The summed E-state index contributed by atoms with van der Waals surface area (Å²) in [5.41, 5.74) is 4.29. The predicted octanol–water partition coefficient (Wildman–Crippen LogP) is 1.50. The Morgan fingerprint density at radius 2 is 2.11 bits per heavy atom. The van der Waals surface area contributed by atoms with Crippen LogP contribution in [0.25, 0.3) is 10.9 Å². The Morgan fingerprint density at radius 1 is 1.32 bits per heavy atom. The summed E-state index contributed by atoms with van der Waals surface area (Å²) in [7, 11) is 3.53. The van der Waals surface area contributed by atoms with E-state index >= 15 is 0 Å². The number of aryl methyl sites for hydroxylation is 2. The van der Waals surface area contributed by atoms with Crippen molar-refractivity contribution in [1.29, 1.82) is 0 Å². The number of rotatable bonds is 1. The van der Waals surface area contributed by atoms with Gasteiger partial charge in [0.25, 0.3) is 5.56 Å². The Labute approximate surface area is 112 Å². The minimum absolute atomic E-state index is 0.136. The average molecular weight is 258 g/mol. The van der Waals surface area contributed by atoms with E-state index in [1.54, 1.807) is 11.7 Å². The Hall–Kier alpha value is -1.81. The number of nitrogens with one attached hydrogen (secondary N) is 1. The van der Waals surface area contributed by atoms with Gasteiger partial charge in [-0.3, -0.25) is 4.79 Å². The van der Waals surface area contributed by atoms with E-state index in [0.29, 0.717) is 0 Å². The number of hydrogen-bond acceptors (Lipinski definition) is 3. The second kappa shape index (κ2) is 4.38. The van der Waals surface area contributed by atoms with Crippen molar-refractivity contribution in [2.45, 2.75) is 19.9 Å². The Morgan fingerprint density at radius 3 is 2.84 bits per heavy atom. The van der Waals surface area contributed by atoms with Crippen LogP contribution in [0.15, 0.2) is 16.9 Å². The second-order valence-corrected chi connectivity index (χ2v) is 5.09. The van der Waals surface area contributed by atoms with E-state index in [0.717, 1.165) is 52.9 Å². The van der Waals surface area contributed by atoms with Crippen LogP contribution >= 0.6 is 0 Å². The first kappa shape index (κ1) is 12.2. The lowest BCUT2D eigenvalue weighted by Gasteiger charge is -2.21. The van der Waals surface area contributed by atoms with Crippen molar-refractivity contribution < 1.29 is 4.74 Å². The standard InChI is InChI=1S/C15H18N2O2/c1-9-6-10(19-3)7-12-13-8-16-5-4-11(13)15(18)17(2)14(9)12/h6-7,16H,4-5,8H2,1-3H3. The third kappa shape index (κ3) is 1.75. The summed E-state index contributed by atoms with van der Waals surface area (Å²) in [6, 6.07) is 4.01. The second-order valence-electron chi connectivity index (χ2n) is 5.09. The van der Waals surface area contributed by atoms with Crippen molar-refractivity contribution in [3.05, 3.63) is 39.2 Å². The molecule has 19 heavy (non-hydrogen) atoms. The van der Waals surface area contributed by atoms with E-state index in [4.69, 9.17) is 4.74 Å². The zero-order valence-corrected chi connectivity index (χ0v) is 11.5. The molecule has 0 spiro atoms. The van der Waals surface area contributed by atoms with E-state index < -0.39 is 0 Å². The van der Waals surface area contributed by atoms with Crippen LogP contribution in [0, 0.1) is 6.92 Å². The maximum atomic E-state index is 12.4. The summed E-state index contributed by atoms with van der Waals surface area (Å²) in [5.74, 6) is 0.844. The van der Waals surface area contributed by atoms with E-state index in [1.165, 1.54) is 0 Å². The van der Waals surface area contributed by atoms with Gasteiger partial charge in [0.05, 0.1) is 12.6 Å². The van der Waals surface area contributed by atoms with Gasteiger partial charge in [0.1, 0.15) is 5.75 Å². The summed E-state index contributed by atoms with van der Waals surface area (Å²) in [6.07, 6.45) is 0.800. The molecule has 1 aliphatic rings. The van der Waals surface area contributed by atoms with Crippen LogP contribution in [0.5, 0.6) is 5.75 Å². The summed E-state index contributed by atoms with van der Waals surface area (Å²) in [4.78, 5) is 12.4. The van der Waals surface area contributed by atoms with E-state index in [9.17, 15) is 4.79 Å². The number of hydrogen-bond donors (Lipinski definition) is 1. The van der Waals surface area contributed by atoms with Crippen LogP contribution in [-0.4, -0.2) is 18.2 Å². The fourth-order valence-electron chi connectivity index (χ4n) is 3.02. The number of pyridine rings is 1. The molecular formula is C15H18N2O2. The minimum atomic E-state index is 0.136. The zero-order valence-electron chi connectivity index (χ0n) is 11.5. The molecule has 0 radical (unpaired) electrons. The third-order valence-corrected chi connectivity index (χ3v) is 3.95. The van der Waals surface area contributed by atoms with Gasteiger partial charge < -0.3 is 14.6 Å². The Balaban J connectivity index is 2.49. The Kier molecular flexibility index (Phi) is 2.82. The molecule has 4 heteroatoms. The molecule has 0 saturated heterocycles. The molecule has 0 fully saturated rings. The maximum absolute atomic E-state index is 12.4. The zero-order chi connectivity index (χ0) is 13.6. The molecule has 1 aliphatic heterocycles. The first-order valence-electron chi connectivity index (χ1n) is 6.53. The SMILES string of the molecule is COc1cc(C)c2c(c1)c1c(c(=O)n2C)CCNC1. The van der Waals surface area contributed by atoms with Gasteiger partial charge in [-0.05, 0) is 43.1 Å². The van der Waals surface area contributed by atoms with Crippen LogP contribution in [0.3, 0.4) is 0 Å². The molecule has 2 aromatic rings. The topological polar surface area (TPSA) is 43.3 Å². The fraction of sp³-hybridized carbons (Fsp3) is 0.400. The van der Waals surface area contributed by atoms with Gasteiger partial charge in [0.2, 0.25) is 0 Å². The molecule has 0 saturated carbocycles. The van der Waals surface area contributed by atoms with Gasteiger partial charge in [-0.1, -0.05) is 0 Å². The summed E-state index contributed by atoms with van der Waals surface area (Å²) < 4.78 is 7.13. The monoisotopic (exact) mass is 258 g/mol. The summed E-state index contributed by atoms with van der Waals surface area (Å²) in [5, 5.41) is 4.47. The van der Waals surface area contributed by atoms with Crippen LogP contribution in [0.1, 0.15) is 16.7 Å². The van der Waals surface area contributed by atoms with Crippen LogP contribution in [-0.2, 0) is 20.0 Å². The van der Waals surface area contributed by atoms with Gasteiger partial charge in [-0.25, -0.2) is 0 Å². The van der Waals surface area contributed by atoms with Gasteiger partial charge in [0, 0.05) is 24.5 Å². The number of benzene rings is 1. The van der Waals surface area contributed by atoms with Crippen molar-refractivity contribution in [2.75, 3.05) is 13.7 Å². The maximum Gasteiger partial charge on any atom is 0.254 e. The molecule has 0 atom stereocenters. The number of fused-ring (bicyclic) bond motifs is 3. The van der Waals surface area contributed by atoms with Crippen molar-refractivity contribution >= 4 is 10.9 Å². The molecular weight excluding hydrogens is 240 g/mol. The predicted molar refractivity (Wildman–Crippen MR) is 75.9 cm³/mol. The van der Waals surface area contributed by atoms with Crippen LogP contribution < -0.4 is 15.6 Å². The highest BCUT2D eigenvalue weighted by molar-refractivity contribution is 5.88. The van der Waals surface area contributed by atoms with Gasteiger partial charge in [-0.2, -0.15) is 0 Å². The smallest absolute Gasteiger partial charge is 0.254 e. The van der Waals surface area contributed by atoms with Crippen molar-refractivity contribution in [2.24, 2.45) is 7.05 Å². The summed E-state index contributed by atoms with van der Waals surface area (Å²) >= 11 is 0. The van der Waals surface area contributed by atoms with E-state index in [2.05, 4.69) is 5.32 Å². The van der Waals surface area contributed by atoms with Gasteiger partial charge in [0.15, 0.2) is 0 Å². The average Bonchev–Trinajstić information content (AvgIpc) is 2.44. The molecule has 1 aromatic carbocycles. The molecule has 0 amide bonds. The summed E-state index contributed by atoms with van der Waals surface area (Å²) in [6.45, 7) is 3.65. The lowest BCUT2D eigenvalue weighted by atomic mass is 9.96. The first-order chi connectivity index (χ1) is 9.13. The largest absolute Gasteiger partial charge is 0.497 e. The van der Waals surface area contributed by atoms with Gasteiger partial charge >= 0.3 is 0 Å². The third-order valence-electron chi connectivity index (χ3n) is 3.95. The molecule has 100 valence electrons. The molecule has 0 aliphatic carbocycles. The highest BCUT2D eigenvalue weighted by atomic mass is 16.5. The Bertz CT molecular complexity index is 716. The molecule has 2 heterocycles. The van der Waals surface area contributed by atoms with Crippen molar-refractivity contribution in [1.82, 2.24) is 9.88 Å². The highest BCUT2D eigenvalue weighted by Crippen LogP contribution is 2.28. The number of nitrogens with zero attached hydrogens (tertiary/aromatic N) is 1. The van der Waals surface area contributed by atoms with Crippen LogP contribution in [0.2, 0.25) is 0 Å². The lowest BCUT2D eigenvalue weighted by Crippen LogP contribution is -2.33. The highest BCUT2D eigenvalue weighted by Gasteiger charge is 2.19. The normalized spacial score (nSPS) is 14.5. The first-order valence-corrected chi connectivity index (χ1v) is 6.53. The number of ether oxygens (including phenoxy) is 1.